The van der Waals surface area contributed by atoms with Crippen LogP contribution in [0.2, 0.25) is 0 Å². The number of nitrogens with zero attached hydrogens (tertiary/aromatic N) is 5. The van der Waals surface area contributed by atoms with Crippen LogP contribution in [0.4, 0.5) is 4.39 Å². The van der Waals surface area contributed by atoms with E-state index in [0.717, 1.165) is 18.4 Å². The highest BCUT2D eigenvalue weighted by molar-refractivity contribution is 9.10. The average Bonchev–Trinajstić information content (AvgIpc) is 3.26. The molecule has 1 atom stereocenters. The highest BCUT2D eigenvalue weighted by Crippen LogP contribution is 2.27. The lowest BCUT2D eigenvalue weighted by atomic mass is 10.2. The zero-order valence-electron chi connectivity index (χ0n) is 18.5. The van der Waals surface area contributed by atoms with Crippen molar-refractivity contribution in [2.75, 3.05) is 39.6 Å². The number of benzene rings is 1. The largest absolute Gasteiger partial charge is 0.379 e. The second-order valence-corrected chi connectivity index (χ2v) is 9.47. The number of aryl methyl sites for hydroxylation is 2. The van der Waals surface area contributed by atoms with Gasteiger partial charge in [-0.3, -0.25) is 18.4 Å². The van der Waals surface area contributed by atoms with Crippen LogP contribution < -0.4 is 0 Å². The molecule has 11 heteroatoms. The van der Waals surface area contributed by atoms with Crippen LogP contribution in [0.25, 0.3) is 17.0 Å². The van der Waals surface area contributed by atoms with E-state index in [0.29, 0.717) is 45.1 Å². The van der Waals surface area contributed by atoms with Crippen molar-refractivity contribution in [3.05, 3.63) is 46.6 Å². The first-order chi connectivity index (χ1) is 15.2. The maximum Gasteiger partial charge on any atom is 0.170 e. The summed E-state index contributed by atoms with van der Waals surface area (Å²) in [7, 11) is 6.06. The standard InChI is InChI=1S/C14H19BrFN3O2S.C7H8N2O/c1-18(2)4-5-21-6-7-22(20)10-8-11-13(12(16)9-10)19(3)17-14(11)15;1-3-6-4-9(2)8-7(6)5-10/h8-9H,4-7H2,1-3H3;3-5H,1H2,2H3. The first kappa shape index (κ1) is 26.0. The minimum absolute atomic E-state index is 0.344. The first-order valence-electron chi connectivity index (χ1n) is 9.71. The lowest BCUT2D eigenvalue weighted by Gasteiger charge is -2.09. The zero-order chi connectivity index (χ0) is 23.8. The second kappa shape index (κ2) is 12.1. The third kappa shape index (κ3) is 6.89. The Hall–Kier alpha value is -2.21. The Balaban J connectivity index is 0.000000303. The van der Waals surface area contributed by atoms with Crippen LogP contribution >= 0.6 is 15.9 Å². The number of rotatable bonds is 9. The van der Waals surface area contributed by atoms with Crippen molar-refractivity contribution in [1.82, 2.24) is 24.5 Å². The Labute approximate surface area is 197 Å². The van der Waals surface area contributed by atoms with Gasteiger partial charge in [0.15, 0.2) is 6.29 Å². The van der Waals surface area contributed by atoms with E-state index in [2.05, 4.69) is 32.7 Å². The molecule has 0 saturated carbocycles. The van der Waals surface area contributed by atoms with E-state index in [-0.39, 0.29) is 0 Å². The fraction of sp³-hybridized carbons (Fsp3) is 0.381. The number of halogens is 2. The summed E-state index contributed by atoms with van der Waals surface area (Å²) < 4.78 is 35.4. The summed E-state index contributed by atoms with van der Waals surface area (Å²) in [6.07, 6.45) is 4.07. The molecule has 0 saturated heterocycles. The molecule has 174 valence electrons. The third-order valence-corrected chi connectivity index (χ3v) is 6.28. The summed E-state index contributed by atoms with van der Waals surface area (Å²) in [5.74, 6) is -0.0777. The van der Waals surface area contributed by atoms with Crippen molar-refractivity contribution in [2.45, 2.75) is 4.90 Å². The Morgan fingerprint density at radius 3 is 2.59 bits per heavy atom. The molecule has 2 heterocycles. The molecule has 0 spiro atoms. The minimum Gasteiger partial charge on any atom is -0.379 e. The summed E-state index contributed by atoms with van der Waals surface area (Å²) in [6.45, 7) is 5.33. The minimum atomic E-state index is -1.30. The summed E-state index contributed by atoms with van der Waals surface area (Å²) in [5.41, 5.74) is 1.62. The van der Waals surface area contributed by atoms with Gasteiger partial charge in [-0.25, -0.2) is 4.39 Å². The van der Waals surface area contributed by atoms with Gasteiger partial charge in [0.05, 0.1) is 29.8 Å². The molecule has 0 N–H and O–H groups in total. The molecular formula is C21H27BrFN5O3S. The molecule has 0 fully saturated rings. The van der Waals surface area contributed by atoms with Gasteiger partial charge in [-0.05, 0) is 42.2 Å². The third-order valence-electron chi connectivity index (χ3n) is 4.40. The fourth-order valence-corrected chi connectivity index (χ4v) is 4.33. The molecule has 0 bridgehead atoms. The Kier molecular flexibility index (Phi) is 9.88. The van der Waals surface area contributed by atoms with E-state index in [9.17, 15) is 13.4 Å². The van der Waals surface area contributed by atoms with Crippen LogP contribution in [0, 0.1) is 5.82 Å². The van der Waals surface area contributed by atoms with Gasteiger partial charge in [-0.1, -0.05) is 12.7 Å². The predicted molar refractivity (Wildman–Crippen MR) is 128 cm³/mol. The normalized spacial score (nSPS) is 12.0. The second-order valence-electron chi connectivity index (χ2n) is 7.15. The molecule has 3 aromatic rings. The van der Waals surface area contributed by atoms with Crippen LogP contribution in [-0.2, 0) is 29.6 Å². The van der Waals surface area contributed by atoms with Crippen molar-refractivity contribution in [1.29, 1.82) is 0 Å². The van der Waals surface area contributed by atoms with E-state index < -0.39 is 16.6 Å². The SMILES string of the molecule is C=Cc1cn(C)nc1C=O.CN(C)CCOCCS(=O)c1cc(F)c2c(c1)c(Br)nn2C. The number of aldehydes is 1. The van der Waals surface area contributed by atoms with Gasteiger partial charge < -0.3 is 9.64 Å². The van der Waals surface area contributed by atoms with E-state index in [1.165, 1.54) is 10.7 Å². The number of hydrogen-bond donors (Lipinski definition) is 0. The van der Waals surface area contributed by atoms with Crippen LogP contribution in [0.1, 0.15) is 16.1 Å². The van der Waals surface area contributed by atoms with E-state index in [4.69, 9.17) is 4.74 Å². The molecule has 1 aromatic carbocycles. The molecule has 0 amide bonds. The van der Waals surface area contributed by atoms with Crippen molar-refractivity contribution in [3.8, 4) is 0 Å². The lowest BCUT2D eigenvalue weighted by Crippen LogP contribution is -2.19. The molecular weight excluding hydrogens is 501 g/mol. The number of ether oxygens (including phenoxy) is 1. The fourth-order valence-electron chi connectivity index (χ4n) is 2.80. The topological polar surface area (TPSA) is 82.2 Å². The smallest absolute Gasteiger partial charge is 0.170 e. The molecule has 0 aliphatic rings. The maximum atomic E-state index is 14.2. The van der Waals surface area contributed by atoms with Crippen LogP contribution in [0.3, 0.4) is 0 Å². The van der Waals surface area contributed by atoms with Gasteiger partial charge in [0, 0.05) is 42.7 Å². The van der Waals surface area contributed by atoms with E-state index in [1.807, 2.05) is 19.0 Å². The highest BCUT2D eigenvalue weighted by atomic mass is 79.9. The van der Waals surface area contributed by atoms with Crippen molar-refractivity contribution in [3.63, 3.8) is 0 Å². The van der Waals surface area contributed by atoms with Crippen molar-refractivity contribution in [2.24, 2.45) is 14.1 Å². The summed E-state index contributed by atoms with van der Waals surface area (Å²) in [5, 5.41) is 8.62. The van der Waals surface area contributed by atoms with E-state index >= 15 is 0 Å². The molecule has 1 unspecified atom stereocenters. The summed E-state index contributed by atoms with van der Waals surface area (Å²) in [4.78, 5) is 12.7. The summed E-state index contributed by atoms with van der Waals surface area (Å²) >= 11 is 3.29. The predicted octanol–water partition coefficient (Wildman–Crippen LogP) is 3.04. The van der Waals surface area contributed by atoms with Crippen LogP contribution in [0.5, 0.6) is 0 Å². The Morgan fingerprint density at radius 2 is 2.00 bits per heavy atom. The number of hydrogen-bond acceptors (Lipinski definition) is 6. The number of carbonyl (C=O) groups excluding carboxylic acids is 1. The van der Waals surface area contributed by atoms with Crippen LogP contribution in [-0.4, -0.2) is 74.6 Å². The molecule has 2 aromatic heterocycles. The Bertz CT molecular complexity index is 1090. The molecule has 32 heavy (non-hydrogen) atoms. The molecule has 0 aliphatic heterocycles. The maximum absolute atomic E-state index is 14.2. The van der Waals surface area contributed by atoms with Gasteiger partial charge in [-0.15, -0.1) is 0 Å². The Morgan fingerprint density at radius 1 is 1.28 bits per heavy atom. The van der Waals surface area contributed by atoms with Crippen molar-refractivity contribution < 1.29 is 18.1 Å². The van der Waals surface area contributed by atoms with Crippen LogP contribution in [0.15, 0.2) is 34.4 Å². The average molecular weight is 528 g/mol. The summed E-state index contributed by atoms with van der Waals surface area (Å²) in [6, 6.07) is 3.03. The molecule has 0 radical (unpaired) electrons. The quantitative estimate of drug-likeness (QED) is 0.314. The van der Waals surface area contributed by atoms with Gasteiger partial charge in [0.1, 0.15) is 21.6 Å². The highest BCUT2D eigenvalue weighted by Gasteiger charge is 2.15. The molecule has 3 rings (SSSR count). The van der Waals surface area contributed by atoms with Gasteiger partial charge in [0.2, 0.25) is 0 Å². The first-order valence-corrected chi connectivity index (χ1v) is 11.8. The van der Waals surface area contributed by atoms with Gasteiger partial charge in [0.25, 0.3) is 0 Å². The van der Waals surface area contributed by atoms with Gasteiger partial charge in [-0.2, -0.15) is 10.2 Å². The molecule has 8 nitrogen and oxygen atoms in total. The zero-order valence-corrected chi connectivity index (χ0v) is 20.9. The number of likely N-dealkylation sites (N-methyl/N-ethyl adjacent to an activating group) is 1. The number of fused-ring (bicyclic) bond motifs is 1. The monoisotopic (exact) mass is 527 g/mol. The molecule has 0 aliphatic carbocycles. The van der Waals surface area contributed by atoms with Gasteiger partial charge >= 0.3 is 0 Å². The van der Waals surface area contributed by atoms with Crippen molar-refractivity contribution >= 4 is 50.0 Å². The lowest BCUT2D eigenvalue weighted by molar-refractivity contribution is 0.111. The van der Waals surface area contributed by atoms with E-state index in [1.54, 1.807) is 37.1 Å². The number of carbonyl (C=O) groups is 1. The number of aromatic nitrogens is 4.